The van der Waals surface area contributed by atoms with Gasteiger partial charge in [-0.05, 0) is 17.7 Å². The smallest absolute Gasteiger partial charge is 0.247 e. The zero-order valence-corrected chi connectivity index (χ0v) is 12.4. The molecule has 2 aromatic rings. The fourth-order valence-corrected chi connectivity index (χ4v) is 2.21. The second-order valence-electron chi connectivity index (χ2n) is 4.86. The third-order valence-electron chi connectivity index (χ3n) is 3.24. The highest BCUT2D eigenvalue weighted by molar-refractivity contribution is 5.16. The van der Waals surface area contributed by atoms with Gasteiger partial charge in [0.15, 0.2) is 0 Å². The zero-order chi connectivity index (χ0) is 17.0. The van der Waals surface area contributed by atoms with Crippen LogP contribution < -0.4 is 17.1 Å². The van der Waals surface area contributed by atoms with Gasteiger partial charge in [-0.15, -0.1) is 13.2 Å². The molecular formula is C16H16FN3O3. The van der Waals surface area contributed by atoms with E-state index in [0.29, 0.717) is 5.56 Å². The predicted octanol–water partition coefficient (Wildman–Crippen LogP) is 0.731. The van der Waals surface area contributed by atoms with Gasteiger partial charge in [0.1, 0.15) is 5.82 Å². The third-order valence-corrected chi connectivity index (χ3v) is 3.24. The minimum Gasteiger partial charge on any atom is -0.247 e. The number of rotatable bonds is 6. The van der Waals surface area contributed by atoms with Crippen LogP contribution in [-0.2, 0) is 19.6 Å². The first-order valence-electron chi connectivity index (χ1n) is 6.90. The molecule has 0 aliphatic carbocycles. The van der Waals surface area contributed by atoms with E-state index >= 15 is 0 Å². The minimum absolute atomic E-state index is 0.0295. The van der Waals surface area contributed by atoms with Crippen molar-refractivity contribution in [1.29, 1.82) is 0 Å². The van der Waals surface area contributed by atoms with Crippen molar-refractivity contribution >= 4 is 0 Å². The van der Waals surface area contributed by atoms with Crippen LogP contribution in [0.2, 0.25) is 0 Å². The van der Waals surface area contributed by atoms with E-state index in [0.717, 1.165) is 13.7 Å². The molecule has 0 aliphatic heterocycles. The van der Waals surface area contributed by atoms with Crippen LogP contribution in [0.1, 0.15) is 5.56 Å². The summed E-state index contributed by atoms with van der Waals surface area (Å²) in [5.74, 6) is -0.471. The molecular weight excluding hydrogens is 301 g/mol. The number of hydrogen-bond acceptors (Lipinski definition) is 3. The zero-order valence-electron chi connectivity index (χ0n) is 12.4. The van der Waals surface area contributed by atoms with Crippen molar-refractivity contribution in [2.75, 3.05) is 0 Å². The quantitative estimate of drug-likeness (QED) is 0.738. The maximum absolute atomic E-state index is 13.3. The molecule has 0 saturated heterocycles. The molecule has 1 aromatic carbocycles. The summed E-state index contributed by atoms with van der Waals surface area (Å²) < 4.78 is 16.0. The van der Waals surface area contributed by atoms with Gasteiger partial charge in [0, 0.05) is 0 Å². The van der Waals surface area contributed by atoms with Gasteiger partial charge in [-0.3, -0.25) is 0 Å². The SMILES string of the molecule is C=CCn1c(=O)n(CC=C)c(=O)n(Cc2cccc(F)c2)c1=O. The van der Waals surface area contributed by atoms with E-state index in [1.54, 1.807) is 6.07 Å². The van der Waals surface area contributed by atoms with Gasteiger partial charge in [0.25, 0.3) is 0 Å². The Morgan fingerprint density at radius 2 is 1.43 bits per heavy atom. The molecule has 2 rings (SSSR count). The molecule has 6 nitrogen and oxygen atoms in total. The van der Waals surface area contributed by atoms with Crippen LogP contribution in [0.4, 0.5) is 4.39 Å². The molecule has 0 aliphatic rings. The van der Waals surface area contributed by atoms with Crippen molar-refractivity contribution < 1.29 is 4.39 Å². The van der Waals surface area contributed by atoms with E-state index in [9.17, 15) is 18.8 Å². The van der Waals surface area contributed by atoms with Crippen molar-refractivity contribution in [3.8, 4) is 0 Å². The molecule has 0 unspecified atom stereocenters. The largest absolute Gasteiger partial charge is 0.336 e. The highest BCUT2D eigenvalue weighted by atomic mass is 19.1. The maximum Gasteiger partial charge on any atom is 0.336 e. The van der Waals surface area contributed by atoms with Gasteiger partial charge in [-0.25, -0.2) is 32.5 Å². The molecule has 0 radical (unpaired) electrons. The van der Waals surface area contributed by atoms with Crippen LogP contribution in [0.5, 0.6) is 0 Å². The molecule has 0 saturated carbocycles. The Balaban J connectivity index is 2.69. The summed E-state index contributed by atoms with van der Waals surface area (Å²) in [6.07, 6.45) is 2.77. The van der Waals surface area contributed by atoms with E-state index in [1.807, 2.05) is 0 Å². The topological polar surface area (TPSA) is 66.0 Å². The first-order valence-corrected chi connectivity index (χ1v) is 6.90. The molecule has 0 fully saturated rings. The Hall–Kier alpha value is -2.96. The van der Waals surface area contributed by atoms with Crippen molar-refractivity contribution in [3.63, 3.8) is 0 Å². The number of benzene rings is 1. The van der Waals surface area contributed by atoms with Crippen LogP contribution in [0.15, 0.2) is 64.0 Å². The highest BCUT2D eigenvalue weighted by Gasteiger charge is 2.14. The second kappa shape index (κ2) is 6.87. The van der Waals surface area contributed by atoms with Crippen LogP contribution in [0, 0.1) is 5.82 Å². The van der Waals surface area contributed by atoms with Crippen LogP contribution in [0.3, 0.4) is 0 Å². The fraction of sp³-hybridized carbons (Fsp3) is 0.188. The maximum atomic E-state index is 13.3. The van der Waals surface area contributed by atoms with Gasteiger partial charge in [0.2, 0.25) is 0 Å². The molecule has 0 atom stereocenters. The Morgan fingerprint density at radius 3 is 1.91 bits per heavy atom. The van der Waals surface area contributed by atoms with Gasteiger partial charge in [-0.1, -0.05) is 24.3 Å². The molecule has 1 heterocycles. The predicted molar refractivity (Wildman–Crippen MR) is 85.1 cm³/mol. The molecule has 23 heavy (non-hydrogen) atoms. The normalized spacial score (nSPS) is 10.5. The van der Waals surface area contributed by atoms with Crippen molar-refractivity contribution in [3.05, 3.63) is 92.4 Å². The van der Waals surface area contributed by atoms with E-state index < -0.39 is 22.9 Å². The van der Waals surface area contributed by atoms with Crippen molar-refractivity contribution in [2.24, 2.45) is 0 Å². The van der Waals surface area contributed by atoms with Crippen LogP contribution >= 0.6 is 0 Å². The first-order chi connectivity index (χ1) is 11.0. The lowest BCUT2D eigenvalue weighted by atomic mass is 10.2. The van der Waals surface area contributed by atoms with Crippen molar-refractivity contribution in [1.82, 2.24) is 13.7 Å². The summed E-state index contributed by atoms with van der Waals surface area (Å²) in [6, 6.07) is 5.57. The van der Waals surface area contributed by atoms with Crippen molar-refractivity contribution in [2.45, 2.75) is 19.6 Å². The number of hydrogen-bond donors (Lipinski definition) is 0. The average molecular weight is 317 g/mol. The molecule has 0 bridgehead atoms. The standard InChI is InChI=1S/C16H16FN3O3/c1-3-8-18-14(21)19(9-4-2)16(23)20(15(18)22)11-12-6-5-7-13(17)10-12/h3-7,10H,1-2,8-9,11H2. The van der Waals surface area contributed by atoms with Crippen LogP contribution in [-0.4, -0.2) is 13.7 Å². The number of nitrogens with zero attached hydrogens (tertiary/aromatic N) is 3. The Labute approximate surface area is 131 Å². The molecule has 7 heteroatoms. The Bertz CT molecular complexity index is 873. The average Bonchev–Trinajstić information content (AvgIpc) is 2.52. The van der Waals surface area contributed by atoms with E-state index in [1.165, 1.54) is 30.4 Å². The lowest BCUT2D eigenvalue weighted by molar-refractivity contribution is 0.497. The molecule has 120 valence electrons. The lowest BCUT2D eigenvalue weighted by Gasteiger charge is -2.12. The second-order valence-corrected chi connectivity index (χ2v) is 4.86. The summed E-state index contributed by atoms with van der Waals surface area (Å²) in [6.45, 7) is 6.80. The summed E-state index contributed by atoms with van der Waals surface area (Å²) in [5.41, 5.74) is -1.80. The summed E-state index contributed by atoms with van der Waals surface area (Å²) >= 11 is 0. The molecule has 0 spiro atoms. The summed E-state index contributed by atoms with van der Waals surface area (Å²) in [4.78, 5) is 37.0. The molecule has 0 amide bonds. The Morgan fingerprint density at radius 1 is 0.913 bits per heavy atom. The number of allylic oxidation sites excluding steroid dienone is 2. The lowest BCUT2D eigenvalue weighted by Crippen LogP contribution is -2.54. The summed E-state index contributed by atoms with van der Waals surface area (Å²) in [5, 5.41) is 0. The van der Waals surface area contributed by atoms with Gasteiger partial charge in [0.05, 0.1) is 19.6 Å². The van der Waals surface area contributed by atoms with Gasteiger partial charge < -0.3 is 0 Å². The Kier molecular flexibility index (Phi) is 4.90. The highest BCUT2D eigenvalue weighted by Crippen LogP contribution is 2.03. The van der Waals surface area contributed by atoms with E-state index in [4.69, 9.17) is 0 Å². The summed E-state index contributed by atoms with van der Waals surface area (Å²) in [7, 11) is 0. The minimum atomic E-state index is -0.760. The van der Waals surface area contributed by atoms with E-state index in [-0.39, 0.29) is 19.6 Å². The van der Waals surface area contributed by atoms with Gasteiger partial charge >= 0.3 is 17.1 Å². The third kappa shape index (κ3) is 3.28. The van der Waals surface area contributed by atoms with E-state index in [2.05, 4.69) is 13.2 Å². The number of halogens is 1. The monoisotopic (exact) mass is 317 g/mol. The van der Waals surface area contributed by atoms with Gasteiger partial charge in [-0.2, -0.15) is 0 Å². The van der Waals surface area contributed by atoms with Crippen LogP contribution in [0.25, 0.3) is 0 Å². The number of aromatic nitrogens is 3. The first kappa shape index (κ1) is 16.4. The molecule has 1 aromatic heterocycles. The fourth-order valence-electron chi connectivity index (χ4n) is 2.21. The molecule has 0 N–H and O–H groups in total.